The minimum atomic E-state index is -0.743. The molecule has 0 spiro atoms. The van der Waals surface area contributed by atoms with Crippen LogP contribution in [0.5, 0.6) is 0 Å². The molecule has 0 amide bonds. The van der Waals surface area contributed by atoms with E-state index < -0.39 is 11.6 Å². The number of aryl methyl sites for hydroxylation is 1. The Labute approximate surface area is 49.8 Å². The Hall–Kier alpha value is -0.440. The van der Waals surface area contributed by atoms with Crippen LogP contribution in [0.1, 0.15) is 4.88 Å². The Morgan fingerprint density at radius 2 is 2.12 bits per heavy atom. The largest absolute Gasteiger partial charge is 0.203 e. The molecule has 0 atom stereocenters. The van der Waals surface area contributed by atoms with Gasteiger partial charge in [-0.1, -0.05) is 0 Å². The molecule has 0 bridgehead atoms. The highest BCUT2D eigenvalue weighted by atomic mass is 32.1. The minimum Gasteiger partial charge on any atom is -0.203 e. The molecule has 0 N–H and O–H groups in total. The quantitative estimate of drug-likeness (QED) is 0.511. The van der Waals surface area contributed by atoms with Crippen molar-refractivity contribution in [2.45, 2.75) is 6.92 Å². The summed E-state index contributed by atoms with van der Waals surface area (Å²) in [5.74, 6) is -1.46. The van der Waals surface area contributed by atoms with E-state index in [4.69, 9.17) is 0 Å². The van der Waals surface area contributed by atoms with Crippen LogP contribution in [0.15, 0.2) is 5.38 Å². The lowest BCUT2D eigenvalue weighted by molar-refractivity contribution is 0.512. The van der Waals surface area contributed by atoms with Crippen LogP contribution in [-0.2, 0) is 0 Å². The van der Waals surface area contributed by atoms with Gasteiger partial charge in [-0.05, 0) is 6.92 Å². The molecule has 0 fully saturated rings. The average molecular weight is 134 g/mol. The fourth-order valence-electron chi connectivity index (χ4n) is 0.412. The van der Waals surface area contributed by atoms with Gasteiger partial charge in [-0.15, -0.1) is 11.3 Å². The van der Waals surface area contributed by atoms with Crippen LogP contribution in [0.25, 0.3) is 0 Å². The first-order chi connectivity index (χ1) is 3.72. The summed E-state index contributed by atoms with van der Waals surface area (Å²) >= 11 is 1.08. The molecule has 0 saturated carbocycles. The van der Waals surface area contributed by atoms with Crippen molar-refractivity contribution in [1.29, 1.82) is 0 Å². The standard InChI is InChI=1S/C5H4F2S/c1-3-5(7)4(6)2-8-3/h2H,1H3. The predicted octanol–water partition coefficient (Wildman–Crippen LogP) is 2.33. The van der Waals surface area contributed by atoms with E-state index in [0.717, 1.165) is 16.7 Å². The van der Waals surface area contributed by atoms with E-state index in [1.165, 1.54) is 0 Å². The monoisotopic (exact) mass is 134 g/mol. The van der Waals surface area contributed by atoms with E-state index in [1.54, 1.807) is 6.92 Å². The second-order valence-corrected chi connectivity index (χ2v) is 2.54. The summed E-state index contributed by atoms with van der Waals surface area (Å²) in [5.41, 5.74) is 0. The smallest absolute Gasteiger partial charge is 0.172 e. The lowest BCUT2D eigenvalue weighted by atomic mass is 10.5. The molecule has 3 heteroatoms. The Kier molecular flexibility index (Phi) is 1.29. The molecule has 0 saturated heterocycles. The van der Waals surface area contributed by atoms with Gasteiger partial charge in [0.25, 0.3) is 0 Å². The molecule has 1 rings (SSSR count). The van der Waals surface area contributed by atoms with Crippen molar-refractivity contribution in [1.82, 2.24) is 0 Å². The number of rotatable bonds is 0. The molecule has 0 unspecified atom stereocenters. The normalized spacial score (nSPS) is 9.88. The molecule has 44 valence electrons. The highest BCUT2D eigenvalue weighted by molar-refractivity contribution is 7.09. The van der Waals surface area contributed by atoms with E-state index in [0.29, 0.717) is 4.88 Å². The molecular weight excluding hydrogens is 130 g/mol. The summed E-state index contributed by atoms with van der Waals surface area (Å²) in [4.78, 5) is 0.405. The van der Waals surface area contributed by atoms with E-state index in [1.807, 2.05) is 0 Å². The highest BCUT2D eigenvalue weighted by Gasteiger charge is 2.04. The zero-order valence-corrected chi connectivity index (χ0v) is 5.06. The number of halogens is 2. The van der Waals surface area contributed by atoms with Crippen molar-refractivity contribution >= 4 is 11.3 Å². The summed E-state index contributed by atoms with van der Waals surface area (Å²) < 4.78 is 24.1. The molecule has 0 aromatic carbocycles. The van der Waals surface area contributed by atoms with Gasteiger partial charge < -0.3 is 0 Å². The van der Waals surface area contributed by atoms with Crippen LogP contribution in [-0.4, -0.2) is 0 Å². The van der Waals surface area contributed by atoms with Crippen LogP contribution in [0.2, 0.25) is 0 Å². The van der Waals surface area contributed by atoms with E-state index in [2.05, 4.69) is 0 Å². The first-order valence-electron chi connectivity index (χ1n) is 2.11. The van der Waals surface area contributed by atoms with Crippen molar-refractivity contribution < 1.29 is 8.78 Å². The van der Waals surface area contributed by atoms with Crippen LogP contribution < -0.4 is 0 Å². The zero-order chi connectivity index (χ0) is 6.15. The molecule has 0 aliphatic rings. The van der Waals surface area contributed by atoms with E-state index >= 15 is 0 Å². The highest BCUT2D eigenvalue weighted by Crippen LogP contribution is 2.16. The van der Waals surface area contributed by atoms with E-state index in [-0.39, 0.29) is 0 Å². The van der Waals surface area contributed by atoms with Crippen molar-refractivity contribution in [3.63, 3.8) is 0 Å². The Morgan fingerprint density at radius 1 is 1.50 bits per heavy atom. The summed E-state index contributed by atoms with van der Waals surface area (Å²) in [6.45, 7) is 1.54. The lowest BCUT2D eigenvalue weighted by Gasteiger charge is -1.78. The first-order valence-corrected chi connectivity index (χ1v) is 2.99. The fraction of sp³-hybridized carbons (Fsp3) is 0.200. The number of thiophene rings is 1. The molecule has 8 heavy (non-hydrogen) atoms. The van der Waals surface area contributed by atoms with Gasteiger partial charge in [0.2, 0.25) is 0 Å². The van der Waals surface area contributed by atoms with Gasteiger partial charge in [0.1, 0.15) is 0 Å². The summed E-state index contributed by atoms with van der Waals surface area (Å²) in [5, 5.41) is 1.16. The maximum atomic E-state index is 12.1. The Morgan fingerprint density at radius 3 is 2.25 bits per heavy atom. The zero-order valence-electron chi connectivity index (χ0n) is 4.24. The molecule has 1 aromatic rings. The van der Waals surface area contributed by atoms with Crippen molar-refractivity contribution in [2.24, 2.45) is 0 Å². The van der Waals surface area contributed by atoms with Gasteiger partial charge in [0, 0.05) is 10.3 Å². The second kappa shape index (κ2) is 1.82. The van der Waals surface area contributed by atoms with Crippen LogP contribution >= 0.6 is 11.3 Å². The van der Waals surface area contributed by atoms with Crippen molar-refractivity contribution in [2.75, 3.05) is 0 Å². The molecule has 1 aromatic heterocycles. The summed E-state index contributed by atoms with van der Waals surface area (Å²) in [7, 11) is 0. The third-order valence-corrected chi connectivity index (χ3v) is 1.72. The summed E-state index contributed by atoms with van der Waals surface area (Å²) in [6.07, 6.45) is 0. The van der Waals surface area contributed by atoms with Crippen molar-refractivity contribution in [3.05, 3.63) is 21.9 Å². The predicted molar refractivity (Wildman–Crippen MR) is 29.0 cm³/mol. The van der Waals surface area contributed by atoms with Gasteiger partial charge in [0.15, 0.2) is 11.6 Å². The number of hydrogen-bond acceptors (Lipinski definition) is 1. The second-order valence-electron chi connectivity index (χ2n) is 1.45. The average Bonchev–Trinajstić information content (AvgIpc) is 1.98. The van der Waals surface area contributed by atoms with Gasteiger partial charge in [0.05, 0.1) is 0 Å². The minimum absolute atomic E-state index is 0.405. The Bertz CT molecular complexity index is 173. The fourth-order valence-corrected chi connectivity index (χ4v) is 0.996. The topological polar surface area (TPSA) is 0 Å². The summed E-state index contributed by atoms with van der Waals surface area (Å²) in [6, 6.07) is 0. The van der Waals surface area contributed by atoms with Gasteiger partial charge in [-0.3, -0.25) is 0 Å². The van der Waals surface area contributed by atoms with Crippen LogP contribution in [0, 0.1) is 18.6 Å². The molecule has 1 heterocycles. The molecule has 0 aliphatic heterocycles. The Balaban J connectivity index is 3.19. The number of hydrogen-bond donors (Lipinski definition) is 0. The maximum Gasteiger partial charge on any atom is 0.172 e. The first kappa shape index (κ1) is 5.69. The third kappa shape index (κ3) is 0.733. The van der Waals surface area contributed by atoms with Crippen LogP contribution in [0.3, 0.4) is 0 Å². The van der Waals surface area contributed by atoms with Gasteiger partial charge in [-0.2, -0.15) is 0 Å². The SMILES string of the molecule is Cc1scc(F)c1F. The van der Waals surface area contributed by atoms with E-state index in [9.17, 15) is 8.78 Å². The van der Waals surface area contributed by atoms with Crippen molar-refractivity contribution in [3.8, 4) is 0 Å². The van der Waals surface area contributed by atoms with Crippen LogP contribution in [0.4, 0.5) is 8.78 Å². The van der Waals surface area contributed by atoms with Gasteiger partial charge >= 0.3 is 0 Å². The third-order valence-electron chi connectivity index (χ3n) is 0.858. The maximum absolute atomic E-state index is 12.1. The molecule has 0 aliphatic carbocycles. The molecule has 0 nitrogen and oxygen atoms in total. The van der Waals surface area contributed by atoms with Gasteiger partial charge in [-0.25, -0.2) is 8.78 Å². The molecular formula is C5H4F2S. The lowest BCUT2D eigenvalue weighted by Crippen LogP contribution is -1.73. The molecule has 0 radical (unpaired) electrons.